The lowest BCUT2D eigenvalue weighted by molar-refractivity contribution is -0.272. The molecular weight excluding hydrogens is 588 g/mol. The number of ketones is 1. The summed E-state index contributed by atoms with van der Waals surface area (Å²) in [5.41, 5.74) is -0.413. The summed E-state index contributed by atoms with van der Waals surface area (Å²) in [6.07, 6.45) is 8.16. The van der Waals surface area contributed by atoms with E-state index in [-0.39, 0.29) is 41.3 Å². The van der Waals surface area contributed by atoms with Crippen molar-refractivity contribution in [3.8, 4) is 0 Å². The Labute approximate surface area is 232 Å². The van der Waals surface area contributed by atoms with Crippen LogP contribution in [-0.2, 0) is 23.8 Å². The maximum absolute atomic E-state index is 14.7. The van der Waals surface area contributed by atoms with Crippen LogP contribution in [0.4, 0.5) is 0 Å². The number of ether oxygens (including phenoxy) is 3. The summed E-state index contributed by atoms with van der Waals surface area (Å²) in [5, 5.41) is 0. The number of carbonyl (C=O) groups excluding carboxylic acids is 2. The van der Waals surface area contributed by atoms with Crippen LogP contribution in [0.15, 0.2) is 0 Å². The fourth-order valence-electron chi connectivity index (χ4n) is 10.4. The van der Waals surface area contributed by atoms with E-state index in [4.69, 9.17) is 14.2 Å². The largest absolute Gasteiger partial charge is 0.463 e. The summed E-state index contributed by atoms with van der Waals surface area (Å²) < 4.78 is 18.2. The third kappa shape index (κ3) is 3.43. The fraction of sp³-hybridized carbons (Fsp3) is 0.931. The molecule has 6 fully saturated rings. The number of fused-ring (bicyclic) bond motifs is 7. The molecule has 6 rings (SSSR count). The minimum atomic E-state index is -0.746. The lowest BCUT2D eigenvalue weighted by Crippen LogP contribution is -2.66. The van der Waals surface area contributed by atoms with Gasteiger partial charge in [-0.25, -0.2) is 0 Å². The molecule has 0 radical (unpaired) electrons. The Hall–Kier alpha value is 0.0200. The highest BCUT2D eigenvalue weighted by atomic mass is 79.9. The van der Waals surface area contributed by atoms with Gasteiger partial charge in [0.1, 0.15) is 9.34 Å². The van der Waals surface area contributed by atoms with Crippen molar-refractivity contribution < 1.29 is 23.8 Å². The quantitative estimate of drug-likeness (QED) is 0.240. The van der Waals surface area contributed by atoms with E-state index in [1.807, 2.05) is 0 Å². The van der Waals surface area contributed by atoms with E-state index >= 15 is 0 Å². The van der Waals surface area contributed by atoms with Crippen molar-refractivity contribution in [2.75, 3.05) is 6.61 Å². The Balaban J connectivity index is 1.32. The first-order valence-electron chi connectivity index (χ1n) is 14.3. The lowest BCUT2D eigenvalue weighted by Gasteiger charge is -2.64. The summed E-state index contributed by atoms with van der Waals surface area (Å²) in [7, 11) is 0. The second-order valence-corrected chi connectivity index (χ2v) is 17.3. The van der Waals surface area contributed by atoms with Gasteiger partial charge in [-0.15, -0.1) is 0 Å². The van der Waals surface area contributed by atoms with E-state index < -0.39 is 14.4 Å². The first-order valence-corrected chi connectivity index (χ1v) is 15.8. The topological polar surface area (TPSA) is 61.8 Å². The number of halogens is 2. The molecule has 0 bridgehead atoms. The predicted octanol–water partition coefficient (Wildman–Crippen LogP) is 6.64. The highest BCUT2D eigenvalue weighted by molar-refractivity contribution is 9.26. The fourth-order valence-corrected chi connectivity index (χ4v) is 13.0. The van der Waals surface area contributed by atoms with Crippen LogP contribution < -0.4 is 0 Å². The van der Waals surface area contributed by atoms with Crippen LogP contribution in [0.1, 0.15) is 86.0 Å². The van der Waals surface area contributed by atoms with Gasteiger partial charge in [0.05, 0.1) is 12.7 Å². The normalized spacial score (nSPS) is 55.4. The molecule has 0 N–H and O–H groups in total. The van der Waals surface area contributed by atoms with Gasteiger partial charge in [-0.05, 0) is 80.0 Å². The van der Waals surface area contributed by atoms with E-state index in [0.29, 0.717) is 29.5 Å². The second kappa shape index (κ2) is 8.51. The van der Waals surface area contributed by atoms with Crippen molar-refractivity contribution in [1.82, 2.24) is 0 Å². The number of carbonyl (C=O) groups is 2. The summed E-state index contributed by atoms with van der Waals surface area (Å²) in [5.74, 6) is 2.03. The third-order valence-electron chi connectivity index (χ3n) is 12.0. The van der Waals surface area contributed by atoms with E-state index in [2.05, 4.69) is 59.6 Å². The number of esters is 1. The zero-order chi connectivity index (χ0) is 25.8. The van der Waals surface area contributed by atoms with Crippen molar-refractivity contribution in [3.63, 3.8) is 0 Å². The van der Waals surface area contributed by atoms with E-state index in [9.17, 15) is 9.59 Å². The zero-order valence-electron chi connectivity index (χ0n) is 22.4. The van der Waals surface area contributed by atoms with E-state index in [1.54, 1.807) is 0 Å². The molecule has 202 valence electrons. The molecule has 0 amide bonds. The summed E-state index contributed by atoms with van der Waals surface area (Å²) in [6.45, 7) is 11.5. The average molecular weight is 630 g/mol. The van der Waals surface area contributed by atoms with Gasteiger partial charge in [0.2, 0.25) is 0 Å². The Bertz CT molecular complexity index is 944. The molecule has 0 aromatic rings. The van der Waals surface area contributed by atoms with Crippen molar-refractivity contribution in [2.24, 2.45) is 52.3 Å². The molecule has 2 saturated heterocycles. The molecule has 2 heterocycles. The van der Waals surface area contributed by atoms with Gasteiger partial charge in [-0.1, -0.05) is 59.6 Å². The average Bonchev–Trinajstić information content (AvgIpc) is 3.25. The molecule has 5 nitrogen and oxygen atoms in total. The number of hydrogen-bond donors (Lipinski definition) is 0. The molecule has 4 saturated carbocycles. The molecule has 0 aromatic heterocycles. The molecule has 7 heteroatoms. The van der Waals surface area contributed by atoms with Gasteiger partial charge in [-0.3, -0.25) is 9.59 Å². The summed E-state index contributed by atoms with van der Waals surface area (Å²) >= 11 is 8.09. The summed E-state index contributed by atoms with van der Waals surface area (Å²) in [4.78, 5) is 26.3. The van der Waals surface area contributed by atoms with Crippen LogP contribution >= 0.6 is 31.9 Å². The van der Waals surface area contributed by atoms with Gasteiger partial charge < -0.3 is 14.2 Å². The Morgan fingerprint density at radius 2 is 1.81 bits per heavy atom. The molecule has 4 aliphatic carbocycles. The lowest BCUT2D eigenvalue weighted by atomic mass is 9.44. The number of rotatable bonds is 1. The third-order valence-corrected chi connectivity index (χ3v) is 13.7. The van der Waals surface area contributed by atoms with Gasteiger partial charge in [0.15, 0.2) is 11.6 Å². The van der Waals surface area contributed by atoms with Crippen LogP contribution in [0.5, 0.6) is 0 Å². The number of hydrogen-bond acceptors (Lipinski definition) is 5. The standard InChI is InChI=1S/C29H42Br2O5/c1-15-8-11-28(34-14-15)16(2)23-22(36-28)13-21-20-7-6-18-12-19(35-17(3)32)9-10-26(18,4)24(20)29(30,31)25(33)27(21,23)5/h15-16,18-24H,6-14H2,1-5H3/t15-,16-,18-,19+,20-,21-,22-,23-,24-,26-,27-,28+/m0/s1. The number of Topliss-reactive ketones (excluding diaryl/α,β-unsaturated/α-hetero) is 1. The van der Waals surface area contributed by atoms with Crippen LogP contribution in [0.25, 0.3) is 0 Å². The molecule has 36 heavy (non-hydrogen) atoms. The number of alkyl halides is 2. The van der Waals surface area contributed by atoms with Gasteiger partial charge in [0.25, 0.3) is 0 Å². The van der Waals surface area contributed by atoms with Crippen LogP contribution in [-0.4, -0.2) is 39.6 Å². The Kier molecular flexibility index (Phi) is 6.20. The summed E-state index contributed by atoms with van der Waals surface area (Å²) in [6, 6.07) is 0. The van der Waals surface area contributed by atoms with Crippen molar-refractivity contribution >= 4 is 43.6 Å². The SMILES string of the molecule is CC(=O)O[C@@H]1CC[C@@]2(C)[C@@H](CC[C@@H]3[C@@H]2C(Br)(Br)C(=O)[C@]2(C)[C@@H]4[C@H](C[C@@H]32)O[C@]2(CC[C@H](C)CO2)[C@H]4C)C1. The first kappa shape index (κ1) is 26.3. The Morgan fingerprint density at radius 1 is 1.06 bits per heavy atom. The first-order chi connectivity index (χ1) is 16.8. The molecule has 2 aliphatic heterocycles. The van der Waals surface area contributed by atoms with E-state index in [1.165, 1.54) is 6.92 Å². The zero-order valence-corrected chi connectivity index (χ0v) is 25.5. The molecule has 1 spiro atoms. The maximum Gasteiger partial charge on any atom is 0.302 e. The van der Waals surface area contributed by atoms with Gasteiger partial charge in [0, 0.05) is 30.6 Å². The van der Waals surface area contributed by atoms with Crippen LogP contribution in [0.2, 0.25) is 0 Å². The highest BCUT2D eigenvalue weighted by Crippen LogP contribution is 2.74. The minimum absolute atomic E-state index is 0.0104. The molecule has 0 aromatic carbocycles. The minimum Gasteiger partial charge on any atom is -0.463 e. The predicted molar refractivity (Wildman–Crippen MR) is 144 cm³/mol. The molecular formula is C29H42Br2O5. The van der Waals surface area contributed by atoms with E-state index in [0.717, 1.165) is 58.0 Å². The Morgan fingerprint density at radius 3 is 2.47 bits per heavy atom. The molecule has 12 atom stereocenters. The smallest absolute Gasteiger partial charge is 0.302 e. The van der Waals surface area contributed by atoms with Gasteiger partial charge >= 0.3 is 5.97 Å². The molecule has 0 unspecified atom stereocenters. The maximum atomic E-state index is 14.7. The second-order valence-electron chi connectivity index (χ2n) is 13.7. The van der Waals surface area contributed by atoms with Gasteiger partial charge in [-0.2, -0.15) is 0 Å². The van der Waals surface area contributed by atoms with Crippen molar-refractivity contribution in [1.29, 1.82) is 0 Å². The highest BCUT2D eigenvalue weighted by Gasteiger charge is 2.76. The molecule has 6 aliphatic rings. The van der Waals surface area contributed by atoms with Crippen LogP contribution in [0, 0.1) is 52.3 Å². The van der Waals surface area contributed by atoms with Crippen molar-refractivity contribution in [3.05, 3.63) is 0 Å². The van der Waals surface area contributed by atoms with Crippen LogP contribution in [0.3, 0.4) is 0 Å². The monoisotopic (exact) mass is 628 g/mol. The van der Waals surface area contributed by atoms with Crippen molar-refractivity contribution in [2.45, 2.75) is 107 Å².